The van der Waals surface area contributed by atoms with Crippen LogP contribution in [0.1, 0.15) is 12.0 Å². The fourth-order valence-electron chi connectivity index (χ4n) is 2.92. The second kappa shape index (κ2) is 15.3. The number of nitro groups is 1. The number of carbonyl (C=O) groups is 5. The second-order valence-corrected chi connectivity index (χ2v) is 7.73. The molecule has 0 saturated carbocycles. The number of nitrogens with zero attached hydrogens (tertiary/aromatic N) is 1. The minimum absolute atomic E-state index is 0.0114. The summed E-state index contributed by atoms with van der Waals surface area (Å²) < 4.78 is 14.5. The maximum absolute atomic E-state index is 12.7. The van der Waals surface area contributed by atoms with Crippen LogP contribution in [-0.2, 0) is 35.3 Å². The lowest BCUT2D eigenvalue weighted by atomic mass is 10.1. The Balaban J connectivity index is 1.91. The largest absolute Gasteiger partial charge is 0.469 e. The summed E-state index contributed by atoms with van der Waals surface area (Å²) in [4.78, 5) is 71.1. The smallest absolute Gasteiger partial charge is 0.408 e. The number of aliphatic hydroxyl groups excluding tert-OH is 1. The first-order chi connectivity index (χ1) is 18.6. The Morgan fingerprint density at radius 2 is 1.59 bits per heavy atom. The fraction of sp³-hybridized carbons (Fsp3) is 0.292. The van der Waals surface area contributed by atoms with Crippen molar-refractivity contribution >= 4 is 35.5 Å². The molecule has 0 fully saturated rings. The number of hydrogen-bond donors (Lipinski definition) is 4. The predicted octanol–water partition coefficient (Wildman–Crippen LogP) is -0.0484. The van der Waals surface area contributed by atoms with Crippen molar-refractivity contribution in [1.82, 2.24) is 16.0 Å². The second-order valence-electron chi connectivity index (χ2n) is 7.73. The van der Waals surface area contributed by atoms with Gasteiger partial charge in [0.05, 0.1) is 25.1 Å². The highest BCUT2D eigenvalue weighted by Crippen LogP contribution is 2.17. The minimum Gasteiger partial charge on any atom is -0.469 e. The van der Waals surface area contributed by atoms with E-state index in [4.69, 9.17) is 9.47 Å². The quantitative estimate of drug-likeness (QED) is 0.113. The highest BCUT2D eigenvalue weighted by atomic mass is 16.6. The Bertz CT molecular complexity index is 1170. The molecule has 0 radical (unpaired) electrons. The van der Waals surface area contributed by atoms with Crippen molar-refractivity contribution in [3.63, 3.8) is 0 Å². The molecule has 3 amide bonds. The summed E-state index contributed by atoms with van der Waals surface area (Å²) in [6.07, 6.45) is -1.63. The van der Waals surface area contributed by atoms with Crippen LogP contribution >= 0.6 is 0 Å². The Morgan fingerprint density at radius 1 is 0.923 bits per heavy atom. The lowest BCUT2D eigenvalue weighted by Gasteiger charge is -2.21. The molecule has 2 rings (SSSR count). The van der Waals surface area contributed by atoms with Crippen LogP contribution in [0.2, 0.25) is 0 Å². The van der Waals surface area contributed by atoms with Crippen molar-refractivity contribution in [3.05, 3.63) is 70.3 Å². The molecule has 39 heavy (non-hydrogen) atoms. The average Bonchev–Trinajstić information content (AvgIpc) is 2.93. The van der Waals surface area contributed by atoms with Crippen LogP contribution in [0.5, 0.6) is 5.75 Å². The number of benzene rings is 2. The molecule has 0 spiro atoms. The summed E-state index contributed by atoms with van der Waals surface area (Å²) in [6, 6.07) is 10.2. The zero-order chi connectivity index (χ0) is 28.8. The monoisotopic (exact) mass is 546 g/mol. The number of ether oxygens (including phenoxy) is 3. The Labute approximate surface area is 221 Å². The predicted molar refractivity (Wildman–Crippen MR) is 131 cm³/mol. The molecule has 208 valence electrons. The van der Waals surface area contributed by atoms with Gasteiger partial charge < -0.3 is 35.3 Å². The minimum atomic E-state index is -1.56. The first-order valence-corrected chi connectivity index (χ1v) is 11.3. The molecule has 15 nitrogen and oxygen atoms in total. The molecule has 2 aromatic carbocycles. The van der Waals surface area contributed by atoms with Gasteiger partial charge in [-0.1, -0.05) is 30.3 Å². The van der Waals surface area contributed by atoms with Gasteiger partial charge in [-0.2, -0.15) is 0 Å². The normalized spacial score (nSPS) is 11.7. The van der Waals surface area contributed by atoms with Crippen LogP contribution in [0.4, 0.5) is 10.5 Å². The van der Waals surface area contributed by atoms with Gasteiger partial charge >= 0.3 is 18.0 Å². The summed E-state index contributed by atoms with van der Waals surface area (Å²) in [5.74, 6) is -3.79. The summed E-state index contributed by atoms with van der Waals surface area (Å²) >= 11 is 0. The number of nitrogens with one attached hydrogen (secondary N) is 3. The lowest BCUT2D eigenvalue weighted by Crippen LogP contribution is -2.56. The molecule has 15 heteroatoms. The summed E-state index contributed by atoms with van der Waals surface area (Å²) in [5, 5.41) is 26.8. The van der Waals surface area contributed by atoms with E-state index in [1.54, 1.807) is 30.3 Å². The van der Waals surface area contributed by atoms with Gasteiger partial charge in [0, 0.05) is 12.1 Å². The molecule has 0 aromatic heterocycles. The number of methoxy groups -OCH3 is 1. The van der Waals surface area contributed by atoms with Gasteiger partial charge in [-0.3, -0.25) is 24.5 Å². The maximum Gasteiger partial charge on any atom is 0.408 e. The molecule has 0 unspecified atom stereocenters. The molecule has 0 aliphatic rings. The van der Waals surface area contributed by atoms with Crippen LogP contribution in [0.25, 0.3) is 0 Å². The van der Waals surface area contributed by atoms with Gasteiger partial charge in [-0.25, -0.2) is 9.59 Å². The molecule has 0 heterocycles. The average molecular weight is 546 g/mol. The Kier molecular flexibility index (Phi) is 11.8. The van der Waals surface area contributed by atoms with Crippen molar-refractivity contribution in [1.29, 1.82) is 0 Å². The molecule has 0 aliphatic carbocycles. The van der Waals surface area contributed by atoms with Gasteiger partial charge in [-0.15, -0.1) is 0 Å². The van der Waals surface area contributed by atoms with Crippen LogP contribution < -0.4 is 20.7 Å². The van der Waals surface area contributed by atoms with Gasteiger partial charge in [0.1, 0.15) is 31.0 Å². The standard InChI is InChI=1S/C24H26N4O11/c1-37-20(30)11-18(27-24(34)38-14-15-5-3-2-4-6-15)23(33)26-19(13-29)22(32)25-12-21(31)39-17-9-7-16(8-10-17)28(35)36/h2-10,18-19,29H,11-14H2,1H3,(H,25,32)(H,26,33)(H,27,34)/t18-,19+/m1/s1. The number of alkyl carbamates (subject to hydrolysis) is 1. The van der Waals surface area contributed by atoms with E-state index in [1.807, 2.05) is 0 Å². The molecule has 2 aromatic rings. The SMILES string of the molecule is COC(=O)C[C@@H](NC(=O)OCc1ccccc1)C(=O)N[C@@H](CO)C(=O)NCC(=O)Oc1ccc([N+](=O)[O-])cc1. The third-order valence-corrected chi connectivity index (χ3v) is 4.92. The van der Waals surface area contributed by atoms with Crippen molar-refractivity contribution in [2.24, 2.45) is 0 Å². The summed E-state index contributed by atoms with van der Waals surface area (Å²) in [5.41, 5.74) is 0.458. The van der Waals surface area contributed by atoms with E-state index in [0.29, 0.717) is 5.56 Å². The van der Waals surface area contributed by atoms with Crippen LogP contribution in [-0.4, -0.2) is 72.2 Å². The van der Waals surface area contributed by atoms with E-state index in [9.17, 15) is 39.2 Å². The zero-order valence-corrected chi connectivity index (χ0v) is 20.7. The summed E-state index contributed by atoms with van der Waals surface area (Å²) in [7, 11) is 1.07. The van der Waals surface area contributed by atoms with Crippen molar-refractivity contribution < 1.29 is 48.2 Å². The number of nitro benzene ring substituents is 1. The number of amides is 3. The molecule has 0 bridgehead atoms. The first kappa shape index (κ1) is 30.2. The third kappa shape index (κ3) is 10.5. The van der Waals surface area contributed by atoms with E-state index in [1.165, 1.54) is 12.1 Å². The van der Waals surface area contributed by atoms with Crippen molar-refractivity contribution in [2.45, 2.75) is 25.1 Å². The molecule has 0 aliphatic heterocycles. The van der Waals surface area contributed by atoms with Crippen LogP contribution in [0.15, 0.2) is 54.6 Å². The maximum atomic E-state index is 12.7. The fourth-order valence-corrected chi connectivity index (χ4v) is 2.92. The highest BCUT2D eigenvalue weighted by molar-refractivity contribution is 5.94. The lowest BCUT2D eigenvalue weighted by molar-refractivity contribution is -0.384. The number of carbonyl (C=O) groups excluding carboxylic acids is 5. The van der Waals surface area contributed by atoms with E-state index in [-0.39, 0.29) is 18.0 Å². The Morgan fingerprint density at radius 3 is 2.18 bits per heavy atom. The number of hydrogen-bond acceptors (Lipinski definition) is 11. The molecular weight excluding hydrogens is 520 g/mol. The number of esters is 2. The van der Waals surface area contributed by atoms with E-state index >= 15 is 0 Å². The zero-order valence-electron chi connectivity index (χ0n) is 20.7. The van der Waals surface area contributed by atoms with Gasteiger partial charge in [0.15, 0.2) is 0 Å². The Hall–Kier alpha value is -5.05. The van der Waals surface area contributed by atoms with Gasteiger partial charge in [-0.05, 0) is 17.7 Å². The number of non-ortho nitro benzene ring substituents is 1. The molecule has 2 atom stereocenters. The van der Waals surface area contributed by atoms with Crippen LogP contribution in [0, 0.1) is 10.1 Å². The topological polar surface area (TPSA) is 212 Å². The van der Waals surface area contributed by atoms with E-state index < -0.39 is 66.4 Å². The molecular formula is C24H26N4O11. The van der Waals surface area contributed by atoms with Crippen LogP contribution in [0.3, 0.4) is 0 Å². The van der Waals surface area contributed by atoms with Crippen molar-refractivity contribution in [3.8, 4) is 5.75 Å². The number of aliphatic hydroxyl groups is 1. The highest BCUT2D eigenvalue weighted by Gasteiger charge is 2.29. The third-order valence-electron chi connectivity index (χ3n) is 4.92. The molecule has 0 saturated heterocycles. The van der Waals surface area contributed by atoms with Gasteiger partial charge in [0.2, 0.25) is 11.8 Å². The van der Waals surface area contributed by atoms with E-state index in [2.05, 4.69) is 20.7 Å². The molecule has 4 N–H and O–H groups in total. The van der Waals surface area contributed by atoms with Gasteiger partial charge in [0.25, 0.3) is 5.69 Å². The number of rotatable bonds is 13. The first-order valence-electron chi connectivity index (χ1n) is 11.3. The summed E-state index contributed by atoms with van der Waals surface area (Å²) in [6.45, 7) is -1.67. The van der Waals surface area contributed by atoms with Crippen molar-refractivity contribution in [2.75, 3.05) is 20.3 Å². The van der Waals surface area contributed by atoms with E-state index in [0.717, 1.165) is 19.2 Å².